The van der Waals surface area contributed by atoms with Gasteiger partial charge in [-0.2, -0.15) is 0 Å². The molecule has 0 rings (SSSR count). The van der Waals surface area contributed by atoms with E-state index in [1.54, 1.807) is 0 Å². The third kappa shape index (κ3) is 8.86. The van der Waals surface area contributed by atoms with E-state index in [0.29, 0.717) is 0 Å². The molecule has 0 atom stereocenters. The Labute approximate surface area is 81.4 Å². The fourth-order valence-corrected chi connectivity index (χ4v) is 0. The van der Waals surface area contributed by atoms with Crippen LogP contribution in [-0.2, 0) is 17.1 Å². The Kier molecular flexibility index (Phi) is 66.7. The second-order valence-corrected chi connectivity index (χ2v) is 0. The molecule has 0 aromatic carbocycles. The summed E-state index contributed by atoms with van der Waals surface area (Å²) < 4.78 is 1.44. The average Bonchev–Trinajstić information content (AvgIpc) is 1.00. The summed E-state index contributed by atoms with van der Waals surface area (Å²) in [6, 6.07) is 0. The summed E-state index contributed by atoms with van der Waals surface area (Å²) in [7, 11) is 0. The third-order valence-corrected chi connectivity index (χ3v) is 0. The van der Waals surface area contributed by atoms with Gasteiger partial charge in [-0.05, 0) is 0 Å². The zero-order valence-electron chi connectivity index (χ0n) is 1.85. The van der Waals surface area contributed by atoms with Crippen LogP contribution in [0, 0.1) is 38.5 Å². The standard InChI is InChI=1S/Ce.Fe.Mg.H3Si.2H/h;;;1H3;;. The first-order valence-electron chi connectivity index (χ1n) is 0.500. The molecule has 0 aliphatic rings. The Morgan fingerprint density at radius 2 is 1.25 bits per heavy atom. The molecule has 0 unspecified atom stereocenters. The van der Waals surface area contributed by atoms with Gasteiger partial charge in [-0.15, -0.1) is 0 Å². The fraction of sp³-hybridized carbons (Fsp3) is 0. The normalized spacial score (nSPS) is 1.75. The SMILES string of the molecule is [Fe].[MgH2].[SiH3][Ce]. The minimum absolute atomic E-state index is 0. The number of rotatable bonds is 0. The first-order valence-corrected chi connectivity index (χ1v) is 10.9. The van der Waals surface area contributed by atoms with Crippen LogP contribution < -0.4 is 0 Å². The third-order valence-electron chi connectivity index (χ3n) is 0. The van der Waals surface area contributed by atoms with E-state index in [1.165, 1.54) is 43.2 Å². The molecule has 0 heterocycles. The topological polar surface area (TPSA) is 0 Å². The molecule has 0 nitrogen and oxygen atoms in total. The Hall–Kier alpha value is 2.88. The van der Waals surface area contributed by atoms with E-state index in [0.717, 1.165) is 0 Å². The van der Waals surface area contributed by atoms with Crippen LogP contribution in [0.25, 0.3) is 0 Å². The van der Waals surface area contributed by atoms with Crippen molar-refractivity contribution in [3.05, 3.63) is 0 Å². The van der Waals surface area contributed by atoms with Gasteiger partial charge in [0.15, 0.2) is 0 Å². The number of hydrogen-bond donors (Lipinski definition) is 0. The molecule has 0 saturated carbocycles. The molecule has 0 bridgehead atoms. The predicted molar refractivity (Wildman–Crippen MR) is 18.5 cm³/mol. The van der Waals surface area contributed by atoms with Crippen LogP contribution in [0.4, 0.5) is 0 Å². The second kappa shape index (κ2) is 16.9. The van der Waals surface area contributed by atoms with E-state index >= 15 is 0 Å². The second-order valence-electron chi connectivity index (χ2n) is 0. The fourth-order valence-electron chi connectivity index (χ4n) is 0. The van der Waals surface area contributed by atoms with Crippen LogP contribution in [0.15, 0.2) is 0 Å². The predicted octanol–water partition coefficient (Wildman–Crippen LogP) is -2.10. The van der Waals surface area contributed by atoms with Gasteiger partial charge in [-0.1, -0.05) is 0 Å². The van der Waals surface area contributed by atoms with Gasteiger partial charge in [0.25, 0.3) is 0 Å². The van der Waals surface area contributed by atoms with Gasteiger partial charge in [0.1, 0.15) is 0 Å². The molecule has 0 spiro atoms. The molecule has 0 saturated heterocycles. The first kappa shape index (κ1) is 15.8. The summed E-state index contributed by atoms with van der Waals surface area (Å²) in [5.74, 6) is 0. The van der Waals surface area contributed by atoms with Crippen molar-refractivity contribution in [3.8, 4) is 0 Å². The summed E-state index contributed by atoms with van der Waals surface area (Å²) in [5.41, 5.74) is 0. The summed E-state index contributed by atoms with van der Waals surface area (Å²) >= 11 is 1.44. The first-order chi connectivity index (χ1) is 1.00. The monoisotopic (exact) mass is 253 g/mol. The Morgan fingerprint density at radius 3 is 1.25 bits per heavy atom. The molecule has 4 heavy (non-hydrogen) atoms. The molecule has 23 valence electrons. The van der Waals surface area contributed by atoms with Crippen molar-refractivity contribution in [1.82, 2.24) is 0 Å². The molecule has 0 radical (unpaired) electrons. The van der Waals surface area contributed by atoms with Gasteiger partial charge >= 0.3 is 66.2 Å². The van der Waals surface area contributed by atoms with Gasteiger partial charge < -0.3 is 0 Å². The van der Waals surface area contributed by atoms with Crippen LogP contribution in [0.1, 0.15) is 0 Å². The van der Waals surface area contributed by atoms with E-state index in [1.807, 2.05) is 0 Å². The maximum absolute atomic E-state index is 1.44. The zero-order valence-corrected chi connectivity index (χ0v) is 8.10. The van der Waals surface area contributed by atoms with Crippen molar-refractivity contribution < 1.29 is 55.6 Å². The van der Waals surface area contributed by atoms with Crippen LogP contribution >= 0.6 is 0 Å². The molecular weight excluding hydrogens is 248 g/mol. The average molecular weight is 253 g/mol. The molecule has 0 aromatic rings. The van der Waals surface area contributed by atoms with Crippen LogP contribution in [0.3, 0.4) is 0 Å². The maximum atomic E-state index is 1.44. The van der Waals surface area contributed by atoms with Crippen molar-refractivity contribution in [2.24, 2.45) is 0 Å². The van der Waals surface area contributed by atoms with Crippen molar-refractivity contribution >= 4 is 27.7 Å². The zero-order chi connectivity index (χ0) is 2.00. The summed E-state index contributed by atoms with van der Waals surface area (Å²) in [6.07, 6.45) is 0. The van der Waals surface area contributed by atoms with Gasteiger partial charge in [0.2, 0.25) is 0 Å². The van der Waals surface area contributed by atoms with E-state index < -0.39 is 0 Å². The van der Waals surface area contributed by atoms with E-state index in [9.17, 15) is 0 Å². The van der Waals surface area contributed by atoms with Crippen molar-refractivity contribution in [2.75, 3.05) is 0 Å². The molecular formula is H5CeFeMgSi. The molecule has 0 fully saturated rings. The van der Waals surface area contributed by atoms with Gasteiger partial charge in [-0.25, -0.2) is 0 Å². The quantitative estimate of drug-likeness (QED) is 0.434. The number of hydrogen-bond acceptors (Lipinski definition) is 0. The van der Waals surface area contributed by atoms with Crippen molar-refractivity contribution in [1.29, 1.82) is 0 Å². The molecule has 0 N–H and O–H groups in total. The van der Waals surface area contributed by atoms with Crippen LogP contribution in [0.5, 0.6) is 0 Å². The van der Waals surface area contributed by atoms with Crippen molar-refractivity contribution in [2.45, 2.75) is 0 Å². The molecule has 0 aliphatic heterocycles. The molecule has 0 aromatic heterocycles. The molecule has 0 amide bonds. The van der Waals surface area contributed by atoms with Gasteiger partial charge in [-0.3, -0.25) is 0 Å². The van der Waals surface area contributed by atoms with Crippen LogP contribution in [0.2, 0.25) is 0 Å². The summed E-state index contributed by atoms with van der Waals surface area (Å²) in [5, 5.41) is 0. The van der Waals surface area contributed by atoms with E-state index in [-0.39, 0.29) is 40.1 Å². The van der Waals surface area contributed by atoms with Gasteiger partial charge in [0, 0.05) is 17.1 Å². The van der Waals surface area contributed by atoms with E-state index in [2.05, 4.69) is 0 Å². The minimum atomic E-state index is 0. The Morgan fingerprint density at radius 1 is 1.25 bits per heavy atom. The van der Waals surface area contributed by atoms with Crippen molar-refractivity contribution in [3.63, 3.8) is 0 Å². The van der Waals surface area contributed by atoms with Gasteiger partial charge in [0.05, 0.1) is 0 Å². The Bertz CT molecular complexity index is 8.00. The van der Waals surface area contributed by atoms with E-state index in [4.69, 9.17) is 0 Å². The molecule has 0 aliphatic carbocycles. The molecule has 4 heteroatoms. The van der Waals surface area contributed by atoms with Crippen LogP contribution in [-0.4, -0.2) is 27.7 Å². The summed E-state index contributed by atoms with van der Waals surface area (Å²) in [6.45, 7) is 0. The summed E-state index contributed by atoms with van der Waals surface area (Å²) in [4.78, 5) is 0. The Balaban J connectivity index is -0.00000000500.